The van der Waals surface area contributed by atoms with Crippen molar-refractivity contribution in [1.82, 2.24) is 20.1 Å². The number of rotatable bonds is 5. The van der Waals surface area contributed by atoms with Crippen molar-refractivity contribution in [2.75, 3.05) is 6.54 Å². The van der Waals surface area contributed by atoms with Gasteiger partial charge in [0.25, 0.3) is 0 Å². The number of aryl methyl sites for hydroxylation is 1. The highest BCUT2D eigenvalue weighted by Crippen LogP contribution is 2.23. The van der Waals surface area contributed by atoms with Gasteiger partial charge in [-0.25, -0.2) is 4.98 Å². The topological polar surface area (TPSA) is 42.7 Å². The van der Waals surface area contributed by atoms with Crippen LogP contribution < -0.4 is 5.32 Å². The summed E-state index contributed by atoms with van der Waals surface area (Å²) >= 11 is 1.70. The van der Waals surface area contributed by atoms with E-state index in [2.05, 4.69) is 22.3 Å². The van der Waals surface area contributed by atoms with Crippen molar-refractivity contribution in [2.45, 2.75) is 19.9 Å². The van der Waals surface area contributed by atoms with Crippen LogP contribution in [0.1, 0.15) is 18.2 Å². The molecular weight excluding hydrogens is 220 g/mol. The van der Waals surface area contributed by atoms with Gasteiger partial charge >= 0.3 is 0 Å². The summed E-state index contributed by atoms with van der Waals surface area (Å²) in [6.45, 7) is 4.12. The van der Waals surface area contributed by atoms with Crippen LogP contribution in [0.4, 0.5) is 0 Å². The largest absolute Gasteiger partial charge is 0.312 e. The summed E-state index contributed by atoms with van der Waals surface area (Å²) in [7, 11) is 1.92. The first-order valence-corrected chi connectivity index (χ1v) is 6.26. The molecule has 0 spiro atoms. The SMILES string of the molecule is CCCNCc1cnc(-c2ccn(C)n2)s1. The molecule has 0 bridgehead atoms. The standard InChI is InChI=1S/C11H16N4S/c1-3-5-12-7-9-8-13-11(16-9)10-4-6-15(2)14-10/h4,6,8,12H,3,5,7H2,1-2H3. The van der Waals surface area contributed by atoms with Gasteiger partial charge < -0.3 is 5.32 Å². The van der Waals surface area contributed by atoms with Crippen LogP contribution in [-0.4, -0.2) is 21.3 Å². The van der Waals surface area contributed by atoms with Crippen LogP contribution in [0.2, 0.25) is 0 Å². The van der Waals surface area contributed by atoms with E-state index < -0.39 is 0 Å². The smallest absolute Gasteiger partial charge is 0.143 e. The van der Waals surface area contributed by atoms with E-state index in [0.29, 0.717) is 0 Å². The van der Waals surface area contributed by atoms with Gasteiger partial charge in [-0.15, -0.1) is 11.3 Å². The molecule has 86 valence electrons. The van der Waals surface area contributed by atoms with Crippen molar-refractivity contribution in [2.24, 2.45) is 7.05 Å². The summed E-state index contributed by atoms with van der Waals surface area (Å²) in [4.78, 5) is 5.64. The average Bonchev–Trinajstić information content (AvgIpc) is 2.87. The molecule has 0 aliphatic heterocycles. The summed E-state index contributed by atoms with van der Waals surface area (Å²) in [5.74, 6) is 0. The molecule has 0 amide bonds. The minimum absolute atomic E-state index is 0.901. The van der Waals surface area contributed by atoms with Gasteiger partial charge in [-0.05, 0) is 19.0 Å². The predicted octanol–water partition coefficient (Wildman–Crippen LogP) is 2.04. The molecule has 2 aromatic heterocycles. The van der Waals surface area contributed by atoms with E-state index in [1.807, 2.05) is 25.5 Å². The first kappa shape index (κ1) is 11.3. The van der Waals surface area contributed by atoms with Crippen LogP contribution in [0.25, 0.3) is 10.7 Å². The van der Waals surface area contributed by atoms with Gasteiger partial charge in [0.15, 0.2) is 0 Å². The second-order valence-corrected chi connectivity index (χ2v) is 4.80. The molecule has 0 unspecified atom stereocenters. The first-order valence-electron chi connectivity index (χ1n) is 5.45. The molecule has 0 aliphatic carbocycles. The minimum Gasteiger partial charge on any atom is -0.312 e. The maximum atomic E-state index is 4.38. The zero-order chi connectivity index (χ0) is 11.4. The highest BCUT2D eigenvalue weighted by atomic mass is 32.1. The maximum absolute atomic E-state index is 4.38. The van der Waals surface area contributed by atoms with Crippen molar-refractivity contribution in [3.63, 3.8) is 0 Å². The summed E-state index contributed by atoms with van der Waals surface area (Å²) in [6.07, 6.45) is 5.02. The summed E-state index contributed by atoms with van der Waals surface area (Å²) in [6, 6.07) is 1.99. The highest BCUT2D eigenvalue weighted by Gasteiger charge is 2.06. The molecule has 1 N–H and O–H groups in total. The van der Waals surface area contributed by atoms with Crippen LogP contribution in [-0.2, 0) is 13.6 Å². The Labute approximate surface area is 99.3 Å². The van der Waals surface area contributed by atoms with Crippen molar-refractivity contribution >= 4 is 11.3 Å². The van der Waals surface area contributed by atoms with E-state index in [1.165, 1.54) is 4.88 Å². The predicted molar refractivity (Wildman–Crippen MR) is 66.3 cm³/mol. The quantitative estimate of drug-likeness (QED) is 0.808. The molecule has 0 saturated carbocycles. The van der Waals surface area contributed by atoms with Gasteiger partial charge in [-0.2, -0.15) is 5.10 Å². The number of thiazole rings is 1. The Morgan fingerprint density at radius 2 is 2.38 bits per heavy atom. The van der Waals surface area contributed by atoms with Gasteiger partial charge in [0.2, 0.25) is 0 Å². The second kappa shape index (κ2) is 5.23. The van der Waals surface area contributed by atoms with Crippen LogP contribution in [0.15, 0.2) is 18.5 Å². The van der Waals surface area contributed by atoms with Gasteiger partial charge in [0, 0.05) is 30.9 Å². The summed E-state index contributed by atoms with van der Waals surface area (Å²) in [5.41, 5.74) is 0.953. The average molecular weight is 236 g/mol. The fourth-order valence-corrected chi connectivity index (χ4v) is 2.27. The molecule has 2 aromatic rings. The summed E-state index contributed by atoms with van der Waals surface area (Å²) in [5, 5.41) is 8.70. The van der Waals surface area contributed by atoms with Crippen molar-refractivity contribution in [3.8, 4) is 10.7 Å². The van der Waals surface area contributed by atoms with E-state index >= 15 is 0 Å². The second-order valence-electron chi connectivity index (χ2n) is 3.68. The van der Waals surface area contributed by atoms with Crippen molar-refractivity contribution in [3.05, 3.63) is 23.3 Å². The molecule has 0 radical (unpaired) electrons. The van der Waals surface area contributed by atoms with Crippen LogP contribution in [0.3, 0.4) is 0 Å². The van der Waals surface area contributed by atoms with Gasteiger partial charge in [-0.3, -0.25) is 4.68 Å². The Bertz CT molecular complexity index is 446. The lowest BCUT2D eigenvalue weighted by Gasteiger charge is -1.97. The Balaban J connectivity index is 2.02. The lowest BCUT2D eigenvalue weighted by Crippen LogP contribution is -2.12. The van der Waals surface area contributed by atoms with Gasteiger partial charge in [0.05, 0.1) is 0 Å². The van der Waals surface area contributed by atoms with Gasteiger partial charge in [0.1, 0.15) is 10.7 Å². The van der Waals surface area contributed by atoms with E-state index in [-0.39, 0.29) is 0 Å². The number of nitrogens with zero attached hydrogens (tertiary/aromatic N) is 3. The maximum Gasteiger partial charge on any atom is 0.143 e. The number of hydrogen-bond acceptors (Lipinski definition) is 4. The van der Waals surface area contributed by atoms with Crippen molar-refractivity contribution < 1.29 is 0 Å². The number of aromatic nitrogens is 3. The van der Waals surface area contributed by atoms with E-state index in [1.54, 1.807) is 16.0 Å². The van der Waals surface area contributed by atoms with Crippen LogP contribution in [0, 0.1) is 0 Å². The zero-order valence-electron chi connectivity index (χ0n) is 9.60. The molecular formula is C11H16N4S. The Hall–Kier alpha value is -1.20. The highest BCUT2D eigenvalue weighted by molar-refractivity contribution is 7.14. The fraction of sp³-hybridized carbons (Fsp3) is 0.455. The lowest BCUT2D eigenvalue weighted by atomic mass is 10.4. The number of nitrogens with one attached hydrogen (secondary N) is 1. The molecule has 0 atom stereocenters. The molecule has 16 heavy (non-hydrogen) atoms. The Morgan fingerprint density at radius 1 is 1.50 bits per heavy atom. The van der Waals surface area contributed by atoms with Crippen LogP contribution in [0.5, 0.6) is 0 Å². The molecule has 4 nitrogen and oxygen atoms in total. The number of hydrogen-bond donors (Lipinski definition) is 1. The van der Waals surface area contributed by atoms with Crippen molar-refractivity contribution in [1.29, 1.82) is 0 Å². The lowest BCUT2D eigenvalue weighted by molar-refractivity contribution is 0.681. The van der Waals surface area contributed by atoms with E-state index in [9.17, 15) is 0 Å². The molecule has 2 heterocycles. The molecule has 5 heteroatoms. The Kier molecular flexibility index (Phi) is 3.69. The molecule has 0 fully saturated rings. The molecule has 2 rings (SSSR count). The zero-order valence-corrected chi connectivity index (χ0v) is 10.4. The molecule has 0 saturated heterocycles. The first-order chi connectivity index (χ1) is 7.79. The molecule has 0 aromatic carbocycles. The minimum atomic E-state index is 0.901. The monoisotopic (exact) mass is 236 g/mol. The van der Waals surface area contributed by atoms with E-state index in [4.69, 9.17) is 0 Å². The summed E-state index contributed by atoms with van der Waals surface area (Å²) < 4.78 is 1.80. The fourth-order valence-electron chi connectivity index (χ4n) is 1.43. The van der Waals surface area contributed by atoms with E-state index in [0.717, 1.165) is 30.2 Å². The third kappa shape index (κ3) is 2.68. The van der Waals surface area contributed by atoms with Crippen LogP contribution >= 0.6 is 11.3 Å². The molecule has 0 aliphatic rings. The third-order valence-electron chi connectivity index (χ3n) is 2.21. The van der Waals surface area contributed by atoms with Gasteiger partial charge in [-0.1, -0.05) is 6.92 Å². The normalized spacial score (nSPS) is 10.9. The Morgan fingerprint density at radius 3 is 3.06 bits per heavy atom. The third-order valence-corrected chi connectivity index (χ3v) is 3.23.